The molecule has 2 rings (SSSR count). The highest BCUT2D eigenvalue weighted by atomic mass is 79.9. The van der Waals surface area contributed by atoms with Crippen molar-refractivity contribution in [1.82, 2.24) is 5.32 Å². The van der Waals surface area contributed by atoms with Gasteiger partial charge in [0.2, 0.25) is 0 Å². The highest BCUT2D eigenvalue weighted by Gasteiger charge is 2.13. The normalized spacial score (nSPS) is 11.8. The maximum atomic E-state index is 12.8. The van der Waals surface area contributed by atoms with E-state index < -0.39 is 0 Å². The average Bonchev–Trinajstić information content (AvgIpc) is 2.59. The summed E-state index contributed by atoms with van der Waals surface area (Å²) in [6.07, 6.45) is 0. The molecule has 128 valence electrons. The first-order chi connectivity index (χ1) is 11.5. The van der Waals surface area contributed by atoms with Crippen molar-refractivity contribution in [3.8, 4) is 5.75 Å². The monoisotopic (exact) mass is 395 g/mol. The number of amides is 1. The molecule has 0 spiro atoms. The Kier molecular flexibility index (Phi) is 6.75. The highest BCUT2D eigenvalue weighted by molar-refractivity contribution is 9.10. The molecule has 6 heteroatoms. The first-order valence-corrected chi connectivity index (χ1v) is 8.47. The van der Waals surface area contributed by atoms with Crippen LogP contribution in [0.15, 0.2) is 46.9 Å². The molecule has 0 heterocycles. The number of nitrogens with one attached hydrogen (secondary N) is 1. The lowest BCUT2D eigenvalue weighted by Gasteiger charge is -2.13. The smallest absolute Gasteiger partial charge is 0.275 e. The molecule has 0 aromatic heterocycles. The van der Waals surface area contributed by atoms with Crippen molar-refractivity contribution in [1.29, 1.82) is 0 Å². The van der Waals surface area contributed by atoms with Gasteiger partial charge in [-0.05, 0) is 58.7 Å². The molecule has 4 nitrogen and oxygen atoms in total. The van der Waals surface area contributed by atoms with Crippen LogP contribution in [-0.4, -0.2) is 19.6 Å². The number of hydrogen-bond acceptors (Lipinski definition) is 2. The molecule has 0 bridgehead atoms. The van der Waals surface area contributed by atoms with Crippen LogP contribution in [0, 0.1) is 5.82 Å². The summed E-state index contributed by atoms with van der Waals surface area (Å²) in [6.45, 7) is 2.77. The molecule has 3 N–H and O–H groups in total. The number of halogens is 2. The number of ether oxygens (including phenoxy) is 1. The molecule has 0 radical (unpaired) electrons. The van der Waals surface area contributed by atoms with E-state index in [0.717, 1.165) is 21.3 Å². The zero-order chi connectivity index (χ0) is 17.5. The second-order valence-corrected chi connectivity index (χ2v) is 6.38. The number of nitrogens with two attached hydrogens (primary N) is 1. The number of hydrogen-bond donors (Lipinski definition) is 2. The molecule has 0 saturated carbocycles. The van der Waals surface area contributed by atoms with Crippen LogP contribution in [0.1, 0.15) is 24.1 Å². The minimum Gasteiger partial charge on any atom is -0.496 e. The number of carbonyl (C=O) groups excluding carboxylic acids is 1. The van der Waals surface area contributed by atoms with E-state index in [1.807, 2.05) is 30.4 Å². The van der Waals surface area contributed by atoms with Gasteiger partial charge in [0, 0.05) is 12.1 Å². The summed E-state index contributed by atoms with van der Waals surface area (Å²) in [7, 11) is 1.63. The van der Waals surface area contributed by atoms with Crippen molar-refractivity contribution < 1.29 is 19.2 Å². The summed E-state index contributed by atoms with van der Waals surface area (Å²) in [5.74, 6) is 0.444. The molecule has 2 aromatic carbocycles. The summed E-state index contributed by atoms with van der Waals surface area (Å²) in [5, 5.41) is 4.80. The Balaban J connectivity index is 1.80. The van der Waals surface area contributed by atoms with E-state index in [1.165, 1.54) is 12.1 Å². The SMILES string of the molecule is COc1ccc([C@@H](C)[NH2+]CC(=O)NCc2ccc(F)cc2)cc1Br. The second-order valence-electron chi connectivity index (χ2n) is 5.53. The molecule has 0 aliphatic carbocycles. The average molecular weight is 396 g/mol. The van der Waals surface area contributed by atoms with E-state index >= 15 is 0 Å². The standard InChI is InChI=1S/C18H20BrFN2O2/c1-12(14-5-8-17(24-2)16(19)9-14)21-11-18(23)22-10-13-3-6-15(20)7-4-13/h3-9,12,21H,10-11H2,1-2H3,(H,22,23)/p+1/t12-/m1/s1. The third kappa shape index (κ3) is 5.32. The third-order valence-corrected chi connectivity index (χ3v) is 4.38. The first-order valence-electron chi connectivity index (χ1n) is 7.67. The molecule has 0 aliphatic heterocycles. The largest absolute Gasteiger partial charge is 0.496 e. The van der Waals surface area contributed by atoms with Crippen molar-refractivity contribution in [3.05, 3.63) is 63.9 Å². The fourth-order valence-electron chi connectivity index (χ4n) is 2.26. The number of benzene rings is 2. The Bertz CT molecular complexity index is 692. The third-order valence-electron chi connectivity index (χ3n) is 3.76. The minimum absolute atomic E-state index is 0.0567. The molecule has 0 fully saturated rings. The van der Waals surface area contributed by atoms with E-state index in [0.29, 0.717) is 13.1 Å². The van der Waals surface area contributed by atoms with Crippen LogP contribution in [0.4, 0.5) is 4.39 Å². The molecule has 0 saturated heterocycles. The minimum atomic E-state index is -0.280. The molecule has 0 aliphatic rings. The lowest BCUT2D eigenvalue weighted by Crippen LogP contribution is -2.87. The highest BCUT2D eigenvalue weighted by Crippen LogP contribution is 2.26. The van der Waals surface area contributed by atoms with Gasteiger partial charge in [0.1, 0.15) is 17.6 Å². The van der Waals surface area contributed by atoms with Crippen molar-refractivity contribution in [3.63, 3.8) is 0 Å². The van der Waals surface area contributed by atoms with Crippen LogP contribution in [0.25, 0.3) is 0 Å². The van der Waals surface area contributed by atoms with Gasteiger partial charge in [-0.1, -0.05) is 12.1 Å². The van der Waals surface area contributed by atoms with Gasteiger partial charge in [-0.2, -0.15) is 0 Å². The van der Waals surface area contributed by atoms with Crippen LogP contribution in [-0.2, 0) is 11.3 Å². The summed E-state index contributed by atoms with van der Waals surface area (Å²) in [4.78, 5) is 11.9. The molecular weight excluding hydrogens is 375 g/mol. The van der Waals surface area contributed by atoms with Gasteiger partial charge in [0.25, 0.3) is 5.91 Å². The molecule has 1 amide bonds. The van der Waals surface area contributed by atoms with Crippen LogP contribution >= 0.6 is 15.9 Å². The molecular formula is C18H21BrFN2O2+. The van der Waals surface area contributed by atoms with E-state index in [-0.39, 0.29) is 17.8 Å². The predicted molar refractivity (Wildman–Crippen MR) is 94.1 cm³/mol. The predicted octanol–water partition coefficient (Wildman–Crippen LogP) is 2.54. The van der Waals surface area contributed by atoms with Crippen molar-refractivity contribution in [2.45, 2.75) is 19.5 Å². The molecule has 24 heavy (non-hydrogen) atoms. The first kappa shape index (κ1) is 18.4. The maximum absolute atomic E-state index is 12.8. The zero-order valence-electron chi connectivity index (χ0n) is 13.7. The van der Waals surface area contributed by atoms with Crippen molar-refractivity contribution >= 4 is 21.8 Å². The van der Waals surface area contributed by atoms with E-state index in [2.05, 4.69) is 21.2 Å². The summed E-state index contributed by atoms with van der Waals surface area (Å²) >= 11 is 3.47. The Hall–Kier alpha value is -1.92. The fraction of sp³-hybridized carbons (Fsp3) is 0.278. The molecule has 1 atom stereocenters. The quantitative estimate of drug-likeness (QED) is 0.756. The van der Waals surface area contributed by atoms with Crippen LogP contribution in [0.3, 0.4) is 0 Å². The van der Waals surface area contributed by atoms with Gasteiger partial charge in [-0.3, -0.25) is 4.79 Å². The van der Waals surface area contributed by atoms with E-state index in [1.54, 1.807) is 19.2 Å². The Morgan fingerprint density at radius 1 is 1.29 bits per heavy atom. The van der Waals surface area contributed by atoms with Crippen LogP contribution in [0.2, 0.25) is 0 Å². The van der Waals surface area contributed by atoms with Crippen molar-refractivity contribution in [2.24, 2.45) is 0 Å². The van der Waals surface area contributed by atoms with Crippen LogP contribution < -0.4 is 15.4 Å². The second kappa shape index (κ2) is 8.80. The van der Waals surface area contributed by atoms with Gasteiger partial charge < -0.3 is 15.4 Å². The zero-order valence-corrected chi connectivity index (χ0v) is 15.3. The number of quaternary nitrogens is 1. The number of carbonyl (C=O) groups is 1. The summed E-state index contributed by atoms with van der Waals surface area (Å²) < 4.78 is 18.9. The van der Waals surface area contributed by atoms with Crippen LogP contribution in [0.5, 0.6) is 5.75 Å². The Morgan fingerprint density at radius 3 is 2.62 bits per heavy atom. The van der Waals surface area contributed by atoms with Gasteiger partial charge in [0.05, 0.1) is 11.6 Å². The summed E-state index contributed by atoms with van der Waals surface area (Å²) in [5.41, 5.74) is 1.98. The maximum Gasteiger partial charge on any atom is 0.275 e. The Morgan fingerprint density at radius 2 is 2.00 bits per heavy atom. The topological polar surface area (TPSA) is 54.9 Å². The number of rotatable bonds is 7. The Labute approximate surface area is 149 Å². The molecule has 0 unspecified atom stereocenters. The number of methoxy groups -OCH3 is 1. The lowest BCUT2D eigenvalue weighted by molar-refractivity contribution is -0.682. The fourth-order valence-corrected chi connectivity index (χ4v) is 2.82. The van der Waals surface area contributed by atoms with E-state index in [4.69, 9.17) is 4.74 Å². The van der Waals surface area contributed by atoms with Gasteiger partial charge in [0.15, 0.2) is 6.54 Å². The van der Waals surface area contributed by atoms with Gasteiger partial charge in [-0.25, -0.2) is 4.39 Å². The summed E-state index contributed by atoms with van der Waals surface area (Å²) in [6, 6.07) is 12.1. The van der Waals surface area contributed by atoms with Gasteiger partial charge in [-0.15, -0.1) is 0 Å². The lowest BCUT2D eigenvalue weighted by atomic mass is 10.1. The van der Waals surface area contributed by atoms with E-state index in [9.17, 15) is 9.18 Å². The van der Waals surface area contributed by atoms with Crippen molar-refractivity contribution in [2.75, 3.05) is 13.7 Å². The molecule has 2 aromatic rings. The van der Waals surface area contributed by atoms with Gasteiger partial charge >= 0.3 is 0 Å².